The molecule has 1 fully saturated rings. The van der Waals surface area contributed by atoms with Crippen LogP contribution in [0.25, 0.3) is 21.8 Å². The van der Waals surface area contributed by atoms with E-state index >= 15 is 0 Å². The number of halogens is 1. The van der Waals surface area contributed by atoms with Gasteiger partial charge >= 0.3 is 0 Å². The zero-order valence-corrected chi connectivity index (χ0v) is 23.3. The van der Waals surface area contributed by atoms with E-state index in [1.54, 1.807) is 36.8 Å². The van der Waals surface area contributed by atoms with E-state index in [0.717, 1.165) is 21.8 Å². The first kappa shape index (κ1) is 27.1. The van der Waals surface area contributed by atoms with Gasteiger partial charge in [0.1, 0.15) is 6.04 Å². The van der Waals surface area contributed by atoms with E-state index in [1.807, 2.05) is 39.8 Å². The topological polar surface area (TPSA) is 112 Å². The minimum atomic E-state index is -0.552. The summed E-state index contributed by atoms with van der Waals surface area (Å²) < 4.78 is 6.07. The quantitative estimate of drug-likeness (QED) is 0.309. The van der Waals surface area contributed by atoms with Gasteiger partial charge in [-0.25, -0.2) is 0 Å². The number of morpholine rings is 1. The number of nitrogens with one attached hydrogen (secondary N) is 3. The van der Waals surface area contributed by atoms with Crippen molar-refractivity contribution in [3.05, 3.63) is 65.2 Å². The van der Waals surface area contributed by atoms with E-state index < -0.39 is 11.6 Å². The average Bonchev–Trinajstić information content (AvgIpc) is 3.26. The lowest BCUT2D eigenvalue weighted by Gasteiger charge is -2.44. The first-order chi connectivity index (χ1) is 18.6. The van der Waals surface area contributed by atoms with Gasteiger partial charge in [-0.1, -0.05) is 18.5 Å². The third-order valence-electron chi connectivity index (χ3n) is 7.23. The fourth-order valence-electron chi connectivity index (χ4n) is 5.17. The van der Waals surface area contributed by atoms with Crippen LogP contribution in [-0.2, 0) is 9.53 Å². The van der Waals surface area contributed by atoms with Crippen molar-refractivity contribution < 1.29 is 14.3 Å². The molecule has 1 saturated heterocycles. The smallest absolute Gasteiger partial charge is 0.253 e. The van der Waals surface area contributed by atoms with Crippen LogP contribution in [-0.4, -0.2) is 69.0 Å². The lowest BCUT2D eigenvalue weighted by atomic mass is 10.0. The number of fused-ring (bicyclic) bond motifs is 3. The molecule has 10 heteroatoms. The number of H-pyrrole nitrogens is 1. The molecular weight excluding hydrogens is 516 g/mol. The number of carbonyl (C=O) groups excluding carboxylic acids is 2. The predicted molar refractivity (Wildman–Crippen MR) is 153 cm³/mol. The number of benzene rings is 1. The first-order valence-electron chi connectivity index (χ1n) is 13.1. The van der Waals surface area contributed by atoms with Crippen molar-refractivity contribution in [1.29, 1.82) is 0 Å². The van der Waals surface area contributed by atoms with E-state index in [-0.39, 0.29) is 24.5 Å². The average molecular weight is 549 g/mol. The SMILES string of the molecule is CCC(CN1CC(C)(C)OCC1C(=O)Nc1cc(Cl)cc2c1[nH]c1cnccc12)NC(=O)c1cccnc1C. The van der Waals surface area contributed by atoms with Crippen molar-refractivity contribution in [1.82, 2.24) is 25.2 Å². The number of amides is 2. The minimum absolute atomic E-state index is 0.166. The fraction of sp³-hybridized carbons (Fsp3) is 0.379. The molecule has 0 bridgehead atoms. The van der Waals surface area contributed by atoms with E-state index in [1.165, 1.54) is 0 Å². The Morgan fingerprint density at radius 1 is 1.26 bits per heavy atom. The number of pyridine rings is 2. The highest BCUT2D eigenvalue weighted by atomic mass is 35.5. The van der Waals surface area contributed by atoms with Gasteiger partial charge in [0.25, 0.3) is 5.91 Å². The van der Waals surface area contributed by atoms with Crippen molar-refractivity contribution in [3.63, 3.8) is 0 Å². The molecule has 39 heavy (non-hydrogen) atoms. The van der Waals surface area contributed by atoms with E-state index in [0.29, 0.717) is 41.5 Å². The summed E-state index contributed by atoms with van der Waals surface area (Å²) in [6.45, 7) is 9.11. The molecule has 4 aromatic rings. The Labute approximate surface area is 232 Å². The standard InChI is InChI=1S/C29H33ClN6O3/c1-5-19(33-27(37)20-7-6-9-32-17(20)2)14-36-16-29(3,4)39-15-25(36)28(38)35-23-12-18(30)11-22-21-8-10-31-13-24(21)34-26(22)23/h6-13,19,25,34H,5,14-16H2,1-4H3,(H,33,37)(H,35,38). The van der Waals surface area contributed by atoms with Crippen molar-refractivity contribution in [2.75, 3.05) is 25.0 Å². The molecule has 1 aromatic carbocycles. The fourth-order valence-corrected chi connectivity index (χ4v) is 5.39. The third kappa shape index (κ3) is 5.75. The maximum atomic E-state index is 13.7. The molecule has 0 aliphatic carbocycles. The third-order valence-corrected chi connectivity index (χ3v) is 7.44. The lowest BCUT2D eigenvalue weighted by molar-refractivity contribution is -0.143. The number of anilines is 1. The highest BCUT2D eigenvalue weighted by molar-refractivity contribution is 6.33. The predicted octanol–water partition coefficient (Wildman–Crippen LogP) is 4.70. The zero-order valence-electron chi connectivity index (χ0n) is 22.5. The Balaban J connectivity index is 1.37. The summed E-state index contributed by atoms with van der Waals surface area (Å²) in [7, 11) is 0. The molecule has 2 atom stereocenters. The molecule has 0 saturated carbocycles. The molecule has 1 aliphatic heterocycles. The van der Waals surface area contributed by atoms with Crippen LogP contribution in [0.4, 0.5) is 5.69 Å². The summed E-state index contributed by atoms with van der Waals surface area (Å²) >= 11 is 6.45. The van der Waals surface area contributed by atoms with Gasteiger partial charge in [-0.15, -0.1) is 0 Å². The van der Waals surface area contributed by atoms with Gasteiger partial charge in [-0.2, -0.15) is 0 Å². The largest absolute Gasteiger partial charge is 0.372 e. The summed E-state index contributed by atoms with van der Waals surface area (Å²) in [4.78, 5) is 40.6. The van der Waals surface area contributed by atoms with Crippen molar-refractivity contribution in [2.24, 2.45) is 0 Å². The Hall–Kier alpha value is -3.53. The summed E-state index contributed by atoms with van der Waals surface area (Å²) in [5.74, 6) is -0.370. The van der Waals surface area contributed by atoms with Crippen molar-refractivity contribution >= 4 is 50.9 Å². The van der Waals surface area contributed by atoms with Crippen LogP contribution >= 0.6 is 11.6 Å². The molecule has 4 heterocycles. The van der Waals surface area contributed by atoms with Crippen LogP contribution in [0.1, 0.15) is 43.2 Å². The highest BCUT2D eigenvalue weighted by Crippen LogP contribution is 2.33. The second kappa shape index (κ2) is 10.9. The van der Waals surface area contributed by atoms with E-state index in [9.17, 15) is 9.59 Å². The molecule has 3 N–H and O–H groups in total. The number of nitrogens with zero attached hydrogens (tertiary/aromatic N) is 3. The van der Waals surface area contributed by atoms with Gasteiger partial charge in [0.05, 0.1) is 40.7 Å². The van der Waals surface area contributed by atoms with Gasteiger partial charge in [-0.05, 0) is 57.5 Å². The van der Waals surface area contributed by atoms with E-state index in [2.05, 4.69) is 30.5 Å². The number of aromatic nitrogens is 3. The molecule has 204 valence electrons. The van der Waals surface area contributed by atoms with Gasteiger partial charge < -0.3 is 20.4 Å². The zero-order chi connectivity index (χ0) is 27.7. The second-order valence-corrected chi connectivity index (χ2v) is 11.1. The van der Waals surface area contributed by atoms with Gasteiger partial charge in [0, 0.05) is 53.0 Å². The molecule has 0 spiro atoms. The van der Waals surface area contributed by atoms with Gasteiger partial charge in [0.2, 0.25) is 5.91 Å². The molecule has 2 amide bonds. The van der Waals surface area contributed by atoms with Crippen LogP contribution in [0.3, 0.4) is 0 Å². The number of aromatic amines is 1. The number of hydrogen-bond acceptors (Lipinski definition) is 6. The Morgan fingerprint density at radius 2 is 2.08 bits per heavy atom. The molecule has 9 nitrogen and oxygen atoms in total. The minimum Gasteiger partial charge on any atom is -0.372 e. The molecule has 3 aromatic heterocycles. The summed E-state index contributed by atoms with van der Waals surface area (Å²) in [6, 6.07) is 8.34. The number of ether oxygens (including phenoxy) is 1. The number of carbonyl (C=O) groups is 2. The number of rotatable bonds is 7. The summed E-state index contributed by atoms with van der Waals surface area (Å²) in [5.41, 5.74) is 3.02. The van der Waals surface area contributed by atoms with Crippen LogP contribution in [0.5, 0.6) is 0 Å². The molecule has 5 rings (SSSR count). The van der Waals surface area contributed by atoms with Crippen molar-refractivity contribution in [2.45, 2.75) is 51.8 Å². The molecule has 0 radical (unpaired) electrons. The van der Waals surface area contributed by atoms with Crippen LogP contribution in [0.15, 0.2) is 48.9 Å². The molecule has 1 aliphatic rings. The maximum Gasteiger partial charge on any atom is 0.253 e. The van der Waals surface area contributed by atoms with Crippen LogP contribution < -0.4 is 10.6 Å². The first-order valence-corrected chi connectivity index (χ1v) is 13.5. The second-order valence-electron chi connectivity index (χ2n) is 10.6. The number of hydrogen-bond donors (Lipinski definition) is 3. The van der Waals surface area contributed by atoms with Crippen molar-refractivity contribution in [3.8, 4) is 0 Å². The lowest BCUT2D eigenvalue weighted by Crippen LogP contribution is -2.60. The van der Waals surface area contributed by atoms with Gasteiger partial charge in [-0.3, -0.25) is 24.5 Å². The summed E-state index contributed by atoms with van der Waals surface area (Å²) in [5, 5.41) is 8.63. The Morgan fingerprint density at radius 3 is 2.85 bits per heavy atom. The van der Waals surface area contributed by atoms with Crippen LogP contribution in [0, 0.1) is 6.92 Å². The Bertz CT molecular complexity index is 1530. The Kier molecular flexibility index (Phi) is 7.57. The normalized spacial score (nSPS) is 18.2. The van der Waals surface area contributed by atoms with Crippen LogP contribution in [0.2, 0.25) is 5.02 Å². The maximum absolute atomic E-state index is 13.7. The monoisotopic (exact) mass is 548 g/mol. The molecule has 2 unspecified atom stereocenters. The number of aryl methyl sites for hydroxylation is 1. The highest BCUT2D eigenvalue weighted by Gasteiger charge is 2.38. The molecular formula is C29H33ClN6O3. The van der Waals surface area contributed by atoms with E-state index in [4.69, 9.17) is 16.3 Å². The summed E-state index contributed by atoms with van der Waals surface area (Å²) in [6.07, 6.45) is 5.85. The van der Waals surface area contributed by atoms with Gasteiger partial charge in [0.15, 0.2) is 0 Å².